The van der Waals surface area contributed by atoms with Crippen LogP contribution in [0.4, 0.5) is 0 Å². The van der Waals surface area contributed by atoms with Gasteiger partial charge >= 0.3 is 0 Å². The Morgan fingerprint density at radius 1 is 1.25 bits per heavy atom. The fraction of sp³-hybridized carbons (Fsp3) is 0.333. The molecule has 3 N–H and O–H groups in total. The molecule has 1 rings (SSSR count). The van der Waals surface area contributed by atoms with Crippen molar-refractivity contribution in [3.63, 3.8) is 0 Å². The van der Waals surface area contributed by atoms with E-state index in [1.54, 1.807) is 12.1 Å². The van der Waals surface area contributed by atoms with E-state index >= 15 is 0 Å². The van der Waals surface area contributed by atoms with Crippen molar-refractivity contribution in [2.75, 3.05) is 5.75 Å². The molecule has 0 bridgehead atoms. The Bertz CT molecular complexity index is 595. The first-order valence-electron chi connectivity index (χ1n) is 5.76. The largest absolute Gasteiger partial charge is 0.343 e. The van der Waals surface area contributed by atoms with E-state index < -0.39 is 33.4 Å². The first-order valence-corrected chi connectivity index (χ1v) is 7.42. The van der Waals surface area contributed by atoms with Crippen LogP contribution in [0.15, 0.2) is 29.2 Å². The lowest BCUT2D eigenvalue weighted by molar-refractivity contribution is -0.133. The summed E-state index contributed by atoms with van der Waals surface area (Å²) >= 11 is 0. The predicted octanol–water partition coefficient (Wildman–Crippen LogP) is -0.221. The van der Waals surface area contributed by atoms with Crippen LogP contribution in [0.25, 0.3) is 0 Å². The van der Waals surface area contributed by atoms with Crippen LogP contribution in [0.1, 0.15) is 12.5 Å². The number of hydrogen-bond donors (Lipinski definition) is 3. The van der Waals surface area contributed by atoms with Gasteiger partial charge in [0, 0.05) is 6.92 Å². The number of benzene rings is 1. The number of sulfone groups is 1. The van der Waals surface area contributed by atoms with Crippen LogP contribution in [0, 0.1) is 6.92 Å². The molecular weight excluding hydrogens is 284 g/mol. The highest BCUT2D eigenvalue weighted by Crippen LogP contribution is 2.13. The van der Waals surface area contributed by atoms with Crippen LogP contribution < -0.4 is 10.8 Å². The molecule has 0 saturated carbocycles. The molecule has 0 heterocycles. The van der Waals surface area contributed by atoms with Crippen molar-refractivity contribution in [2.45, 2.75) is 24.8 Å². The number of nitrogens with one attached hydrogen (secondary N) is 2. The highest BCUT2D eigenvalue weighted by Gasteiger charge is 2.27. The molecule has 0 fully saturated rings. The Hall–Kier alpha value is -1.93. The smallest absolute Gasteiger partial charge is 0.266 e. The van der Waals surface area contributed by atoms with E-state index in [-0.39, 0.29) is 4.90 Å². The minimum atomic E-state index is -3.76. The van der Waals surface area contributed by atoms with Gasteiger partial charge in [-0.1, -0.05) is 17.7 Å². The zero-order valence-corrected chi connectivity index (χ0v) is 11.9. The van der Waals surface area contributed by atoms with Crippen molar-refractivity contribution in [3.05, 3.63) is 29.8 Å². The quantitative estimate of drug-likeness (QED) is 0.514. The Kier molecular flexibility index (Phi) is 5.23. The van der Waals surface area contributed by atoms with Gasteiger partial charge in [-0.25, -0.2) is 13.9 Å². The van der Waals surface area contributed by atoms with Crippen molar-refractivity contribution < 1.29 is 23.2 Å². The monoisotopic (exact) mass is 300 g/mol. The Morgan fingerprint density at radius 3 is 2.25 bits per heavy atom. The second kappa shape index (κ2) is 6.49. The van der Waals surface area contributed by atoms with Crippen LogP contribution in [0.5, 0.6) is 0 Å². The van der Waals surface area contributed by atoms with Crippen LogP contribution >= 0.6 is 0 Å². The highest BCUT2D eigenvalue weighted by molar-refractivity contribution is 7.91. The van der Waals surface area contributed by atoms with Crippen LogP contribution in [-0.2, 0) is 19.4 Å². The molecule has 20 heavy (non-hydrogen) atoms. The summed E-state index contributed by atoms with van der Waals surface area (Å²) in [7, 11) is -3.76. The molecule has 1 aromatic carbocycles. The third-order valence-corrected chi connectivity index (χ3v) is 4.33. The van der Waals surface area contributed by atoms with Crippen molar-refractivity contribution in [1.29, 1.82) is 0 Å². The second-order valence-electron chi connectivity index (χ2n) is 4.32. The van der Waals surface area contributed by atoms with Gasteiger partial charge in [0.15, 0.2) is 9.84 Å². The van der Waals surface area contributed by atoms with Crippen LogP contribution in [0.2, 0.25) is 0 Å². The zero-order valence-electron chi connectivity index (χ0n) is 11.1. The maximum atomic E-state index is 12.1. The SMILES string of the molecule is CC(=O)NC(CS(=O)(=O)c1ccc(C)cc1)C(=O)NO. The van der Waals surface area contributed by atoms with Crippen LogP contribution in [-0.4, -0.2) is 37.2 Å². The molecule has 0 radical (unpaired) electrons. The minimum Gasteiger partial charge on any atom is -0.343 e. The lowest BCUT2D eigenvalue weighted by Crippen LogP contribution is -2.49. The number of amides is 2. The maximum Gasteiger partial charge on any atom is 0.266 e. The van der Waals surface area contributed by atoms with E-state index in [2.05, 4.69) is 5.32 Å². The van der Waals surface area contributed by atoms with E-state index in [0.717, 1.165) is 12.5 Å². The van der Waals surface area contributed by atoms with E-state index in [0.29, 0.717) is 0 Å². The summed E-state index contributed by atoms with van der Waals surface area (Å²) in [6.07, 6.45) is 0. The van der Waals surface area contributed by atoms with Gasteiger partial charge in [-0.2, -0.15) is 0 Å². The average molecular weight is 300 g/mol. The molecule has 0 spiro atoms. The van der Waals surface area contributed by atoms with Crippen LogP contribution in [0.3, 0.4) is 0 Å². The summed E-state index contributed by atoms with van der Waals surface area (Å²) in [5, 5.41) is 10.8. The van der Waals surface area contributed by atoms with E-state index in [1.807, 2.05) is 6.92 Å². The number of carbonyl (C=O) groups is 2. The lowest BCUT2D eigenvalue weighted by Gasteiger charge is -2.15. The number of hydroxylamine groups is 1. The number of rotatable bonds is 5. The number of aryl methyl sites for hydroxylation is 1. The van der Waals surface area contributed by atoms with E-state index in [1.165, 1.54) is 17.6 Å². The van der Waals surface area contributed by atoms with Gasteiger partial charge in [0.25, 0.3) is 5.91 Å². The standard InChI is InChI=1S/C12H16N2O5S/c1-8-3-5-10(6-4-8)20(18,19)7-11(12(16)14-17)13-9(2)15/h3-6,11,17H,7H2,1-2H3,(H,13,15)(H,14,16). The third kappa shape index (κ3) is 4.32. The number of carbonyl (C=O) groups excluding carboxylic acids is 2. The molecule has 0 aliphatic heterocycles. The Labute approximate surface area is 116 Å². The van der Waals surface area contributed by atoms with Gasteiger partial charge < -0.3 is 5.32 Å². The molecule has 1 unspecified atom stereocenters. The van der Waals surface area contributed by atoms with Gasteiger partial charge in [0.2, 0.25) is 5.91 Å². The normalized spacial score (nSPS) is 12.6. The lowest BCUT2D eigenvalue weighted by atomic mass is 10.2. The second-order valence-corrected chi connectivity index (χ2v) is 6.36. The first kappa shape index (κ1) is 16.1. The summed E-state index contributed by atoms with van der Waals surface area (Å²) in [5.74, 6) is -2.20. The van der Waals surface area contributed by atoms with Crippen molar-refractivity contribution in [3.8, 4) is 0 Å². The molecule has 0 saturated heterocycles. The summed E-state index contributed by atoms with van der Waals surface area (Å²) in [6.45, 7) is 2.96. The van der Waals surface area contributed by atoms with Crippen molar-refractivity contribution >= 4 is 21.7 Å². The van der Waals surface area contributed by atoms with Crippen molar-refractivity contribution in [1.82, 2.24) is 10.8 Å². The summed E-state index contributed by atoms with van der Waals surface area (Å²) < 4.78 is 24.3. The van der Waals surface area contributed by atoms with Gasteiger partial charge in [0.1, 0.15) is 6.04 Å². The molecule has 0 aromatic heterocycles. The Balaban J connectivity index is 2.99. The van der Waals surface area contributed by atoms with Gasteiger partial charge in [0.05, 0.1) is 10.6 Å². The maximum absolute atomic E-state index is 12.1. The minimum absolute atomic E-state index is 0.0455. The Morgan fingerprint density at radius 2 is 1.80 bits per heavy atom. The molecule has 8 heteroatoms. The van der Waals surface area contributed by atoms with Gasteiger partial charge in [-0.05, 0) is 19.1 Å². The first-order chi connectivity index (χ1) is 9.26. The van der Waals surface area contributed by atoms with E-state index in [9.17, 15) is 18.0 Å². The molecule has 7 nitrogen and oxygen atoms in total. The molecule has 0 aliphatic rings. The molecule has 110 valence electrons. The van der Waals surface area contributed by atoms with Gasteiger partial charge in [-0.15, -0.1) is 0 Å². The highest BCUT2D eigenvalue weighted by atomic mass is 32.2. The average Bonchev–Trinajstić information content (AvgIpc) is 2.36. The third-order valence-electron chi connectivity index (χ3n) is 2.57. The van der Waals surface area contributed by atoms with Gasteiger partial charge in [-0.3, -0.25) is 14.8 Å². The molecule has 1 aromatic rings. The van der Waals surface area contributed by atoms with E-state index in [4.69, 9.17) is 5.21 Å². The summed E-state index contributed by atoms with van der Waals surface area (Å²) in [5.41, 5.74) is 2.23. The fourth-order valence-corrected chi connectivity index (χ4v) is 2.98. The molecule has 2 amide bonds. The zero-order chi connectivity index (χ0) is 15.3. The summed E-state index contributed by atoms with van der Waals surface area (Å²) in [6, 6.07) is 4.75. The molecule has 0 aliphatic carbocycles. The summed E-state index contributed by atoms with van der Waals surface area (Å²) in [4.78, 5) is 22.4. The molecule has 1 atom stereocenters. The number of hydrogen-bond acceptors (Lipinski definition) is 5. The fourth-order valence-electron chi connectivity index (χ4n) is 1.57. The predicted molar refractivity (Wildman–Crippen MR) is 70.8 cm³/mol. The topological polar surface area (TPSA) is 113 Å². The van der Waals surface area contributed by atoms with Crippen molar-refractivity contribution in [2.24, 2.45) is 0 Å². The molecular formula is C12H16N2O5S.